The number of hydrogen-bond acceptors (Lipinski definition) is 5. The summed E-state index contributed by atoms with van der Waals surface area (Å²) in [6.45, 7) is 6.68. The molecule has 2 aliphatic carbocycles. The third-order valence-corrected chi connectivity index (χ3v) is 8.11. The lowest BCUT2D eigenvalue weighted by Crippen LogP contribution is -2.58. The van der Waals surface area contributed by atoms with E-state index in [1.54, 1.807) is 36.5 Å². The van der Waals surface area contributed by atoms with Crippen molar-refractivity contribution in [1.82, 2.24) is 15.2 Å². The highest BCUT2D eigenvalue weighted by molar-refractivity contribution is 5.94. The maximum Gasteiger partial charge on any atom is 0.251 e. The lowest BCUT2D eigenvalue weighted by atomic mass is 9.51. The van der Waals surface area contributed by atoms with Gasteiger partial charge < -0.3 is 15.3 Å². The molecule has 2 amide bonds. The van der Waals surface area contributed by atoms with Crippen LogP contribution < -0.4 is 5.32 Å². The Morgan fingerprint density at radius 1 is 1.34 bits per heavy atom. The van der Waals surface area contributed by atoms with Crippen LogP contribution >= 0.6 is 0 Å². The molecule has 0 aromatic carbocycles. The van der Waals surface area contributed by atoms with Crippen LogP contribution in [0.4, 0.5) is 0 Å². The Labute approximate surface area is 191 Å². The number of nitriles is 1. The van der Waals surface area contributed by atoms with Gasteiger partial charge in [-0.2, -0.15) is 5.26 Å². The zero-order valence-corrected chi connectivity index (χ0v) is 19.6. The van der Waals surface area contributed by atoms with Crippen molar-refractivity contribution in [2.75, 3.05) is 13.6 Å². The number of aliphatic hydroxyl groups excluding tert-OH is 1. The fraction of sp³-hybridized carbons (Fsp3) is 0.680. The molecule has 0 unspecified atom stereocenters. The highest BCUT2D eigenvalue weighted by Crippen LogP contribution is 2.55. The van der Waals surface area contributed by atoms with E-state index in [1.807, 2.05) is 6.92 Å². The maximum atomic E-state index is 12.9. The Morgan fingerprint density at radius 3 is 2.66 bits per heavy atom. The Hall–Kier alpha value is -2.46. The van der Waals surface area contributed by atoms with E-state index in [0.29, 0.717) is 18.5 Å². The van der Waals surface area contributed by atoms with E-state index in [1.165, 1.54) is 0 Å². The average molecular weight is 441 g/mol. The van der Waals surface area contributed by atoms with Crippen molar-refractivity contribution in [2.45, 2.75) is 65.0 Å². The summed E-state index contributed by atoms with van der Waals surface area (Å²) in [7, 11) is 1.73. The van der Waals surface area contributed by atoms with Gasteiger partial charge in [-0.05, 0) is 61.0 Å². The third kappa shape index (κ3) is 4.80. The molecule has 2 aliphatic rings. The first kappa shape index (κ1) is 24.2. The minimum Gasteiger partial charge on any atom is -0.392 e. The van der Waals surface area contributed by atoms with Crippen LogP contribution in [0.15, 0.2) is 24.5 Å². The highest BCUT2D eigenvalue weighted by atomic mass is 16.3. The third-order valence-electron chi connectivity index (χ3n) is 8.11. The number of nitrogens with one attached hydrogen (secondary N) is 1. The standard InChI is InChI=1S/C25H36N4O3/c1-16(24(32)29(4)15-5-12-26)19-6-10-25(3)11-7-20(17(2)21(25)22(19)30)28-23(31)18-8-13-27-14-9-18/h8-9,13-14,16-17,19-22,30H,5-7,10-11,15H2,1-4H3,(H,28,31)/t16-,17+,19+,20-,21+,22-,25-/m0/s1. The molecule has 2 fully saturated rings. The van der Waals surface area contributed by atoms with Crippen LogP contribution in [-0.2, 0) is 4.79 Å². The molecular weight excluding hydrogens is 404 g/mol. The van der Waals surface area contributed by atoms with E-state index in [0.717, 1.165) is 25.7 Å². The van der Waals surface area contributed by atoms with Gasteiger partial charge in [0, 0.05) is 43.5 Å². The van der Waals surface area contributed by atoms with Crippen LogP contribution in [-0.4, -0.2) is 52.5 Å². The van der Waals surface area contributed by atoms with E-state index in [9.17, 15) is 14.7 Å². The number of amides is 2. The Morgan fingerprint density at radius 2 is 2.00 bits per heavy atom. The lowest BCUT2D eigenvalue weighted by molar-refractivity contribution is -0.149. The van der Waals surface area contributed by atoms with Crippen molar-refractivity contribution in [3.05, 3.63) is 30.1 Å². The summed E-state index contributed by atoms with van der Waals surface area (Å²) < 4.78 is 0. The number of carbonyl (C=O) groups excluding carboxylic acids is 2. The molecule has 0 aliphatic heterocycles. The molecule has 2 N–H and O–H groups in total. The summed E-state index contributed by atoms with van der Waals surface area (Å²) in [5.74, 6) is -0.455. The van der Waals surface area contributed by atoms with Gasteiger partial charge in [0.1, 0.15) is 0 Å². The molecule has 7 nitrogen and oxygen atoms in total. The Kier molecular flexibility index (Phi) is 7.55. The zero-order valence-electron chi connectivity index (χ0n) is 19.6. The molecule has 2 saturated carbocycles. The van der Waals surface area contributed by atoms with Crippen molar-refractivity contribution in [1.29, 1.82) is 5.26 Å². The molecule has 0 saturated heterocycles. The minimum atomic E-state index is -0.604. The molecule has 1 heterocycles. The molecule has 7 atom stereocenters. The number of carbonyl (C=O) groups is 2. The molecule has 0 bridgehead atoms. The Bertz CT molecular complexity index is 854. The number of pyridine rings is 1. The number of aliphatic hydroxyl groups is 1. The van der Waals surface area contributed by atoms with Crippen molar-refractivity contribution in [2.24, 2.45) is 29.1 Å². The van der Waals surface area contributed by atoms with Gasteiger partial charge in [-0.3, -0.25) is 14.6 Å². The molecule has 0 spiro atoms. The van der Waals surface area contributed by atoms with Crippen molar-refractivity contribution < 1.29 is 14.7 Å². The number of rotatable bonds is 6. The second-order valence-electron chi connectivity index (χ2n) is 10.0. The fourth-order valence-electron chi connectivity index (χ4n) is 6.11. The second kappa shape index (κ2) is 9.99. The van der Waals surface area contributed by atoms with Gasteiger partial charge in [0.25, 0.3) is 5.91 Å². The highest BCUT2D eigenvalue weighted by Gasteiger charge is 2.54. The average Bonchev–Trinajstić information content (AvgIpc) is 2.79. The number of nitrogens with zero attached hydrogens (tertiary/aromatic N) is 3. The molecule has 7 heteroatoms. The van der Waals surface area contributed by atoms with Gasteiger partial charge in [-0.15, -0.1) is 0 Å². The first-order valence-corrected chi connectivity index (χ1v) is 11.7. The van der Waals surface area contributed by atoms with Crippen LogP contribution in [0.25, 0.3) is 0 Å². The summed E-state index contributed by atoms with van der Waals surface area (Å²) in [5, 5.41) is 23.5. The van der Waals surface area contributed by atoms with Gasteiger partial charge in [0.15, 0.2) is 0 Å². The van der Waals surface area contributed by atoms with Gasteiger partial charge in [0.2, 0.25) is 5.91 Å². The molecule has 3 rings (SSSR count). The zero-order chi connectivity index (χ0) is 23.5. The number of aromatic nitrogens is 1. The molecule has 1 aromatic rings. The van der Waals surface area contributed by atoms with E-state index in [2.05, 4.69) is 30.2 Å². The van der Waals surface area contributed by atoms with Crippen LogP contribution in [0.5, 0.6) is 0 Å². The first-order valence-electron chi connectivity index (χ1n) is 11.7. The monoisotopic (exact) mass is 440 g/mol. The smallest absolute Gasteiger partial charge is 0.251 e. The lowest BCUT2D eigenvalue weighted by Gasteiger charge is -2.56. The predicted octanol–water partition coefficient (Wildman–Crippen LogP) is 3.01. The minimum absolute atomic E-state index is 0.00268. The summed E-state index contributed by atoms with van der Waals surface area (Å²) in [6.07, 6.45) is 6.52. The maximum absolute atomic E-state index is 12.9. The topological polar surface area (TPSA) is 106 Å². The normalized spacial score (nSPS) is 32.8. The van der Waals surface area contributed by atoms with Crippen LogP contribution in [0.3, 0.4) is 0 Å². The predicted molar refractivity (Wildman–Crippen MR) is 121 cm³/mol. The molecule has 1 aromatic heterocycles. The van der Waals surface area contributed by atoms with Crippen molar-refractivity contribution in [3.8, 4) is 6.07 Å². The second-order valence-corrected chi connectivity index (χ2v) is 10.0. The molecular formula is C25H36N4O3. The Balaban J connectivity index is 1.73. The van der Waals surface area contributed by atoms with Crippen LogP contribution in [0.1, 0.15) is 63.2 Å². The van der Waals surface area contributed by atoms with Gasteiger partial charge in [-0.25, -0.2) is 0 Å². The molecule has 0 radical (unpaired) electrons. The van der Waals surface area contributed by atoms with E-state index in [-0.39, 0.29) is 46.9 Å². The van der Waals surface area contributed by atoms with Crippen molar-refractivity contribution >= 4 is 11.8 Å². The summed E-state index contributed by atoms with van der Waals surface area (Å²) >= 11 is 0. The molecule has 32 heavy (non-hydrogen) atoms. The number of fused-ring (bicyclic) bond motifs is 1. The number of hydrogen-bond donors (Lipinski definition) is 2. The van der Waals surface area contributed by atoms with E-state index >= 15 is 0 Å². The quantitative estimate of drug-likeness (QED) is 0.707. The summed E-state index contributed by atoms with van der Waals surface area (Å²) in [5.41, 5.74) is 0.588. The SMILES string of the molecule is C[C@H]1[C@@H]2[C@@H](O)[C@@H]([C@H](C)C(=O)N(C)CCC#N)CC[C@@]2(C)CC[C@@H]1NC(=O)c1ccncc1. The van der Waals surface area contributed by atoms with Gasteiger partial charge in [-0.1, -0.05) is 20.8 Å². The molecule has 174 valence electrons. The van der Waals surface area contributed by atoms with Crippen molar-refractivity contribution in [3.63, 3.8) is 0 Å². The van der Waals surface area contributed by atoms with E-state index in [4.69, 9.17) is 5.26 Å². The summed E-state index contributed by atoms with van der Waals surface area (Å²) in [4.78, 5) is 31.2. The fourth-order valence-corrected chi connectivity index (χ4v) is 6.11. The largest absolute Gasteiger partial charge is 0.392 e. The van der Waals surface area contributed by atoms with Crippen LogP contribution in [0.2, 0.25) is 0 Å². The summed E-state index contributed by atoms with van der Waals surface area (Å²) in [6, 6.07) is 5.46. The van der Waals surface area contributed by atoms with Gasteiger partial charge in [0.05, 0.1) is 18.6 Å². The first-order chi connectivity index (χ1) is 15.2. The van der Waals surface area contributed by atoms with Crippen LogP contribution in [0, 0.1) is 40.4 Å². The van der Waals surface area contributed by atoms with Gasteiger partial charge >= 0.3 is 0 Å². The van der Waals surface area contributed by atoms with E-state index < -0.39 is 6.10 Å².